The van der Waals surface area contributed by atoms with Gasteiger partial charge in [-0.3, -0.25) is 10.1 Å². The molecule has 5 heteroatoms. The van der Waals surface area contributed by atoms with Gasteiger partial charge in [0.15, 0.2) is 0 Å². The molecule has 0 fully saturated rings. The van der Waals surface area contributed by atoms with Crippen molar-refractivity contribution in [3.63, 3.8) is 0 Å². The molecule has 5 nitrogen and oxygen atoms in total. The highest BCUT2D eigenvalue weighted by molar-refractivity contribution is 5.98. The molecule has 0 aliphatic carbocycles. The molecule has 0 aliphatic rings. The van der Waals surface area contributed by atoms with Gasteiger partial charge in [0.25, 0.3) is 5.69 Å². The lowest BCUT2D eigenvalue weighted by Crippen LogP contribution is -1.89. The molecule has 0 aromatic heterocycles. The van der Waals surface area contributed by atoms with Crippen LogP contribution in [0.3, 0.4) is 0 Å². The summed E-state index contributed by atoms with van der Waals surface area (Å²) in [7, 11) is 0. The minimum Gasteiger partial charge on any atom is -0.258 e. The molecule has 0 atom stereocenters. The Balaban J connectivity index is 2.08. The molecule has 3 aromatic rings. The molecule has 0 aliphatic heterocycles. The number of nitro groups is 1. The van der Waals surface area contributed by atoms with Crippen molar-refractivity contribution >= 4 is 27.8 Å². The van der Waals surface area contributed by atoms with Gasteiger partial charge in [-0.1, -0.05) is 30.3 Å². The molecule has 0 saturated heterocycles. The number of hydrogen-bond acceptors (Lipinski definition) is 4. The fraction of sp³-hybridized carbons (Fsp3) is 0.0588. The predicted octanol–water partition coefficient (Wildman–Crippen LogP) is 5.47. The molecule has 0 heterocycles. The lowest BCUT2D eigenvalue weighted by molar-refractivity contribution is -0.383. The maximum atomic E-state index is 11.1. The number of aryl methyl sites for hydroxylation is 1. The van der Waals surface area contributed by atoms with Gasteiger partial charge in [0, 0.05) is 11.5 Å². The SMILES string of the molecule is Cc1cccc(N=Nc2ccc([N+](=O)[O-])c3ccccc23)c1. The fourth-order valence-corrected chi connectivity index (χ4v) is 2.32. The zero-order valence-corrected chi connectivity index (χ0v) is 11.9. The summed E-state index contributed by atoms with van der Waals surface area (Å²) < 4.78 is 0. The molecule has 0 unspecified atom stereocenters. The highest BCUT2D eigenvalue weighted by atomic mass is 16.6. The van der Waals surface area contributed by atoms with Crippen molar-refractivity contribution in [2.75, 3.05) is 0 Å². The van der Waals surface area contributed by atoms with Crippen molar-refractivity contribution in [3.05, 3.63) is 76.3 Å². The van der Waals surface area contributed by atoms with Crippen LogP contribution in [0.25, 0.3) is 10.8 Å². The maximum absolute atomic E-state index is 11.1. The van der Waals surface area contributed by atoms with E-state index in [-0.39, 0.29) is 10.6 Å². The van der Waals surface area contributed by atoms with E-state index in [1.807, 2.05) is 43.3 Å². The lowest BCUT2D eigenvalue weighted by Gasteiger charge is -2.02. The van der Waals surface area contributed by atoms with E-state index in [2.05, 4.69) is 10.2 Å². The van der Waals surface area contributed by atoms with Gasteiger partial charge in [-0.15, -0.1) is 5.11 Å². The van der Waals surface area contributed by atoms with Crippen LogP contribution in [0, 0.1) is 17.0 Å². The van der Waals surface area contributed by atoms with Crippen LogP contribution in [0.2, 0.25) is 0 Å². The fourth-order valence-electron chi connectivity index (χ4n) is 2.32. The second-order valence-corrected chi connectivity index (χ2v) is 4.95. The van der Waals surface area contributed by atoms with Gasteiger partial charge in [-0.05, 0) is 36.8 Å². The topological polar surface area (TPSA) is 67.9 Å². The summed E-state index contributed by atoms with van der Waals surface area (Å²) in [5.41, 5.74) is 2.54. The molecule has 0 saturated carbocycles. The predicted molar refractivity (Wildman–Crippen MR) is 86.0 cm³/mol. The second-order valence-electron chi connectivity index (χ2n) is 4.95. The third kappa shape index (κ3) is 2.69. The monoisotopic (exact) mass is 291 g/mol. The number of benzene rings is 3. The van der Waals surface area contributed by atoms with Crippen LogP contribution < -0.4 is 0 Å². The molecular weight excluding hydrogens is 278 g/mol. The first-order valence-corrected chi connectivity index (χ1v) is 6.80. The van der Waals surface area contributed by atoms with E-state index in [0.717, 1.165) is 11.3 Å². The van der Waals surface area contributed by atoms with Gasteiger partial charge in [0.2, 0.25) is 0 Å². The van der Waals surface area contributed by atoms with Crippen molar-refractivity contribution in [2.24, 2.45) is 10.2 Å². The van der Waals surface area contributed by atoms with E-state index in [0.29, 0.717) is 16.5 Å². The second kappa shape index (κ2) is 5.73. The summed E-state index contributed by atoms with van der Waals surface area (Å²) >= 11 is 0. The van der Waals surface area contributed by atoms with Crippen molar-refractivity contribution in [3.8, 4) is 0 Å². The molecule has 0 N–H and O–H groups in total. The molecular formula is C17H13N3O2. The number of fused-ring (bicyclic) bond motifs is 1. The summed E-state index contributed by atoms with van der Waals surface area (Å²) in [5, 5.41) is 20.8. The highest BCUT2D eigenvalue weighted by Gasteiger charge is 2.13. The van der Waals surface area contributed by atoms with Crippen LogP contribution in [0.4, 0.5) is 17.1 Å². The number of non-ortho nitro benzene ring substituents is 1. The highest BCUT2D eigenvalue weighted by Crippen LogP contribution is 2.33. The first-order chi connectivity index (χ1) is 10.6. The van der Waals surface area contributed by atoms with Crippen molar-refractivity contribution in [1.29, 1.82) is 0 Å². The van der Waals surface area contributed by atoms with Gasteiger partial charge in [0.1, 0.15) is 0 Å². The first kappa shape index (κ1) is 13.9. The van der Waals surface area contributed by atoms with Gasteiger partial charge in [0.05, 0.1) is 21.7 Å². The van der Waals surface area contributed by atoms with Crippen LogP contribution >= 0.6 is 0 Å². The number of nitrogens with zero attached hydrogens (tertiary/aromatic N) is 3. The lowest BCUT2D eigenvalue weighted by atomic mass is 10.1. The zero-order chi connectivity index (χ0) is 15.5. The van der Waals surface area contributed by atoms with Crippen LogP contribution in [0.5, 0.6) is 0 Å². The number of nitro benzene ring substituents is 1. The number of hydrogen-bond donors (Lipinski definition) is 0. The van der Waals surface area contributed by atoms with Gasteiger partial charge < -0.3 is 0 Å². The van der Waals surface area contributed by atoms with Gasteiger partial charge in [-0.25, -0.2) is 0 Å². The van der Waals surface area contributed by atoms with Gasteiger partial charge in [-0.2, -0.15) is 5.11 Å². The van der Waals surface area contributed by atoms with E-state index >= 15 is 0 Å². The largest absolute Gasteiger partial charge is 0.277 e. The van der Waals surface area contributed by atoms with Crippen LogP contribution in [-0.2, 0) is 0 Å². The van der Waals surface area contributed by atoms with E-state index < -0.39 is 0 Å². The molecule has 22 heavy (non-hydrogen) atoms. The molecule has 3 rings (SSSR count). The van der Waals surface area contributed by atoms with Crippen molar-refractivity contribution < 1.29 is 4.92 Å². The van der Waals surface area contributed by atoms with Crippen LogP contribution in [-0.4, -0.2) is 4.92 Å². The summed E-state index contributed by atoms with van der Waals surface area (Å²) in [6.07, 6.45) is 0. The maximum Gasteiger partial charge on any atom is 0.277 e. The van der Waals surface area contributed by atoms with E-state index in [1.54, 1.807) is 18.2 Å². The first-order valence-electron chi connectivity index (χ1n) is 6.80. The summed E-state index contributed by atoms with van der Waals surface area (Å²) in [6.45, 7) is 1.99. The Hall–Kier alpha value is -3.08. The Labute approximate surface area is 127 Å². The van der Waals surface area contributed by atoms with E-state index in [9.17, 15) is 10.1 Å². The van der Waals surface area contributed by atoms with Crippen molar-refractivity contribution in [1.82, 2.24) is 0 Å². The number of azo groups is 1. The zero-order valence-electron chi connectivity index (χ0n) is 11.9. The molecule has 0 amide bonds. The average Bonchev–Trinajstić information content (AvgIpc) is 2.52. The van der Waals surface area contributed by atoms with E-state index in [4.69, 9.17) is 0 Å². The normalized spacial score (nSPS) is 11.1. The third-order valence-electron chi connectivity index (χ3n) is 3.35. The Morgan fingerprint density at radius 2 is 1.68 bits per heavy atom. The van der Waals surface area contributed by atoms with E-state index in [1.165, 1.54) is 6.07 Å². The molecule has 0 spiro atoms. The number of rotatable bonds is 3. The Bertz CT molecular complexity index is 888. The Kier molecular flexibility index (Phi) is 3.62. The quantitative estimate of drug-likeness (QED) is 0.364. The molecule has 108 valence electrons. The smallest absolute Gasteiger partial charge is 0.258 e. The summed E-state index contributed by atoms with van der Waals surface area (Å²) in [6, 6.07) is 17.9. The van der Waals surface area contributed by atoms with Crippen molar-refractivity contribution in [2.45, 2.75) is 6.92 Å². The Morgan fingerprint density at radius 1 is 0.909 bits per heavy atom. The minimum atomic E-state index is -0.385. The summed E-state index contributed by atoms with van der Waals surface area (Å²) in [5.74, 6) is 0. The standard InChI is InChI=1S/C17H13N3O2/c1-12-5-4-6-13(11-12)18-19-16-9-10-17(20(21)22)15-8-3-2-7-14(15)16/h2-11H,1H3. The van der Waals surface area contributed by atoms with Crippen LogP contribution in [0.15, 0.2) is 70.9 Å². The molecule has 0 bridgehead atoms. The molecule has 0 radical (unpaired) electrons. The van der Waals surface area contributed by atoms with Gasteiger partial charge >= 0.3 is 0 Å². The summed E-state index contributed by atoms with van der Waals surface area (Å²) in [4.78, 5) is 10.7. The third-order valence-corrected chi connectivity index (χ3v) is 3.35. The average molecular weight is 291 g/mol. The van der Waals surface area contributed by atoms with Crippen LogP contribution in [0.1, 0.15) is 5.56 Å². The minimum absolute atomic E-state index is 0.0742. The molecule has 3 aromatic carbocycles. The Morgan fingerprint density at radius 3 is 2.41 bits per heavy atom.